The smallest absolute Gasteiger partial charge is 0.173 e. The number of aromatic nitrogens is 1. The number of benzene rings is 1. The van der Waals surface area contributed by atoms with Crippen molar-refractivity contribution in [1.29, 1.82) is 0 Å². The molecule has 1 saturated heterocycles. The molecular formula is C17H20N4S. The van der Waals surface area contributed by atoms with E-state index in [9.17, 15) is 0 Å². The van der Waals surface area contributed by atoms with Gasteiger partial charge in [-0.3, -0.25) is 0 Å². The highest BCUT2D eigenvalue weighted by Gasteiger charge is 2.19. The standard InChI is InChI=1S/C17H20N4S/c1-14-6-2-3-7-15(14)19-17(22)21-12-10-20(11-13-21)16-8-4-5-9-18-16/h2-9H,10-13H2,1H3,(H,19,22). The monoisotopic (exact) mass is 312 g/mol. The molecule has 2 aromatic rings. The average molecular weight is 312 g/mol. The predicted molar refractivity (Wildman–Crippen MR) is 95.4 cm³/mol. The van der Waals surface area contributed by atoms with E-state index >= 15 is 0 Å². The van der Waals surface area contributed by atoms with Gasteiger partial charge in [-0.2, -0.15) is 0 Å². The second kappa shape index (κ2) is 6.75. The molecule has 1 fully saturated rings. The van der Waals surface area contributed by atoms with Crippen molar-refractivity contribution in [2.24, 2.45) is 0 Å². The van der Waals surface area contributed by atoms with Crippen LogP contribution in [0.5, 0.6) is 0 Å². The molecule has 0 radical (unpaired) electrons. The van der Waals surface area contributed by atoms with Crippen molar-refractivity contribution in [3.05, 3.63) is 54.2 Å². The van der Waals surface area contributed by atoms with Crippen LogP contribution in [0.15, 0.2) is 48.7 Å². The van der Waals surface area contributed by atoms with Crippen molar-refractivity contribution in [2.45, 2.75) is 6.92 Å². The van der Waals surface area contributed by atoms with Crippen LogP contribution in [0, 0.1) is 6.92 Å². The minimum absolute atomic E-state index is 0.801. The molecule has 4 nitrogen and oxygen atoms in total. The van der Waals surface area contributed by atoms with Gasteiger partial charge in [-0.25, -0.2) is 4.98 Å². The molecule has 1 aliphatic heterocycles. The number of piperazine rings is 1. The van der Waals surface area contributed by atoms with Crippen molar-refractivity contribution in [3.8, 4) is 0 Å². The molecule has 114 valence electrons. The summed E-state index contributed by atoms with van der Waals surface area (Å²) in [6.07, 6.45) is 1.84. The van der Waals surface area contributed by atoms with Crippen LogP contribution in [-0.4, -0.2) is 41.2 Å². The van der Waals surface area contributed by atoms with E-state index in [1.165, 1.54) is 5.56 Å². The molecule has 0 atom stereocenters. The summed E-state index contributed by atoms with van der Waals surface area (Å²) >= 11 is 5.55. The Kier molecular flexibility index (Phi) is 4.53. The van der Waals surface area contributed by atoms with Gasteiger partial charge in [0.1, 0.15) is 5.82 Å². The lowest BCUT2D eigenvalue weighted by atomic mass is 10.2. The Bertz CT molecular complexity index is 636. The summed E-state index contributed by atoms with van der Waals surface area (Å²) in [4.78, 5) is 8.93. The zero-order valence-corrected chi connectivity index (χ0v) is 13.5. The molecule has 1 aromatic heterocycles. The summed E-state index contributed by atoms with van der Waals surface area (Å²) in [7, 11) is 0. The molecule has 0 spiro atoms. The maximum Gasteiger partial charge on any atom is 0.173 e. The number of nitrogens with one attached hydrogen (secondary N) is 1. The minimum Gasteiger partial charge on any atom is -0.353 e. The predicted octanol–water partition coefficient (Wildman–Crippen LogP) is 2.91. The van der Waals surface area contributed by atoms with Gasteiger partial charge in [-0.15, -0.1) is 0 Å². The first-order valence-electron chi connectivity index (χ1n) is 7.51. The molecule has 0 bridgehead atoms. The number of thiocarbonyl (C=S) groups is 1. The van der Waals surface area contributed by atoms with Crippen LogP contribution in [0.1, 0.15) is 5.56 Å². The number of aryl methyl sites for hydroxylation is 1. The Balaban J connectivity index is 1.57. The first-order chi connectivity index (χ1) is 10.7. The van der Waals surface area contributed by atoms with Crippen LogP contribution >= 0.6 is 12.2 Å². The number of hydrogen-bond acceptors (Lipinski definition) is 3. The van der Waals surface area contributed by atoms with Gasteiger partial charge in [0.2, 0.25) is 0 Å². The Morgan fingerprint density at radius 1 is 1.05 bits per heavy atom. The van der Waals surface area contributed by atoms with Gasteiger partial charge in [0.25, 0.3) is 0 Å². The summed E-state index contributed by atoms with van der Waals surface area (Å²) in [5, 5.41) is 4.16. The third-order valence-electron chi connectivity index (χ3n) is 3.93. The van der Waals surface area contributed by atoms with Crippen LogP contribution in [0.3, 0.4) is 0 Å². The van der Waals surface area contributed by atoms with Gasteiger partial charge in [0.05, 0.1) is 0 Å². The normalized spacial score (nSPS) is 14.8. The quantitative estimate of drug-likeness (QED) is 0.862. The van der Waals surface area contributed by atoms with Crippen molar-refractivity contribution in [3.63, 3.8) is 0 Å². The second-order valence-corrected chi connectivity index (χ2v) is 5.79. The zero-order chi connectivity index (χ0) is 15.4. The number of nitrogens with zero attached hydrogens (tertiary/aromatic N) is 3. The van der Waals surface area contributed by atoms with E-state index < -0.39 is 0 Å². The lowest BCUT2D eigenvalue weighted by Gasteiger charge is -2.36. The lowest BCUT2D eigenvalue weighted by molar-refractivity contribution is 0.389. The highest BCUT2D eigenvalue weighted by atomic mass is 32.1. The summed E-state index contributed by atoms with van der Waals surface area (Å²) < 4.78 is 0. The first kappa shape index (κ1) is 14.8. The molecule has 1 aliphatic rings. The van der Waals surface area contributed by atoms with Crippen molar-refractivity contribution < 1.29 is 0 Å². The first-order valence-corrected chi connectivity index (χ1v) is 7.92. The second-order valence-electron chi connectivity index (χ2n) is 5.41. The molecule has 1 N–H and O–H groups in total. The third-order valence-corrected chi connectivity index (χ3v) is 4.29. The number of hydrogen-bond donors (Lipinski definition) is 1. The fourth-order valence-corrected chi connectivity index (χ4v) is 2.88. The largest absolute Gasteiger partial charge is 0.353 e. The van der Waals surface area contributed by atoms with E-state index in [4.69, 9.17) is 12.2 Å². The Hall–Kier alpha value is -2.14. The van der Waals surface area contributed by atoms with Crippen LogP contribution in [0.4, 0.5) is 11.5 Å². The third kappa shape index (κ3) is 3.36. The van der Waals surface area contributed by atoms with Gasteiger partial charge in [-0.05, 0) is 42.9 Å². The molecule has 2 heterocycles. The van der Waals surface area contributed by atoms with Gasteiger partial charge >= 0.3 is 0 Å². The van der Waals surface area contributed by atoms with Crippen LogP contribution in [-0.2, 0) is 0 Å². The maximum atomic E-state index is 5.55. The summed E-state index contributed by atoms with van der Waals surface area (Å²) in [5.41, 5.74) is 2.29. The van der Waals surface area contributed by atoms with Gasteiger partial charge in [0.15, 0.2) is 5.11 Å². The molecule has 0 amide bonds. The van der Waals surface area contributed by atoms with Crippen LogP contribution in [0.2, 0.25) is 0 Å². The fourth-order valence-electron chi connectivity index (χ4n) is 2.59. The Morgan fingerprint density at radius 3 is 2.45 bits per heavy atom. The lowest BCUT2D eigenvalue weighted by Crippen LogP contribution is -2.50. The fraction of sp³-hybridized carbons (Fsp3) is 0.294. The van der Waals surface area contributed by atoms with E-state index in [0.29, 0.717) is 0 Å². The Morgan fingerprint density at radius 2 is 1.77 bits per heavy atom. The Labute approximate surface area is 136 Å². The van der Waals surface area contributed by atoms with E-state index in [-0.39, 0.29) is 0 Å². The van der Waals surface area contributed by atoms with E-state index in [2.05, 4.69) is 45.2 Å². The van der Waals surface area contributed by atoms with Crippen LogP contribution in [0.25, 0.3) is 0 Å². The molecule has 1 aromatic carbocycles. The molecule has 3 rings (SSSR count). The number of pyridine rings is 1. The average Bonchev–Trinajstić information content (AvgIpc) is 2.58. The van der Waals surface area contributed by atoms with Gasteiger partial charge in [0, 0.05) is 38.1 Å². The topological polar surface area (TPSA) is 31.4 Å². The van der Waals surface area contributed by atoms with Crippen molar-refractivity contribution in [1.82, 2.24) is 9.88 Å². The van der Waals surface area contributed by atoms with Gasteiger partial charge in [-0.1, -0.05) is 24.3 Å². The molecule has 0 unspecified atom stereocenters. The number of anilines is 2. The summed E-state index contributed by atoms with van der Waals surface area (Å²) in [6, 6.07) is 14.2. The number of rotatable bonds is 2. The van der Waals surface area contributed by atoms with E-state index in [1.54, 1.807) is 0 Å². The molecule has 0 aliphatic carbocycles. The molecular weight excluding hydrogens is 292 g/mol. The highest BCUT2D eigenvalue weighted by Crippen LogP contribution is 2.16. The number of para-hydroxylation sites is 1. The molecule has 5 heteroatoms. The summed E-state index contributed by atoms with van der Waals surface area (Å²) in [5.74, 6) is 1.04. The SMILES string of the molecule is Cc1ccccc1NC(=S)N1CCN(c2ccccn2)CC1. The zero-order valence-electron chi connectivity index (χ0n) is 12.7. The van der Waals surface area contributed by atoms with Crippen molar-refractivity contribution >= 4 is 28.8 Å². The maximum absolute atomic E-state index is 5.55. The van der Waals surface area contributed by atoms with E-state index in [1.807, 2.05) is 30.5 Å². The molecule has 0 saturated carbocycles. The highest BCUT2D eigenvalue weighted by molar-refractivity contribution is 7.80. The molecule has 22 heavy (non-hydrogen) atoms. The van der Waals surface area contributed by atoms with Crippen molar-refractivity contribution in [2.75, 3.05) is 36.4 Å². The van der Waals surface area contributed by atoms with Gasteiger partial charge < -0.3 is 15.1 Å². The minimum atomic E-state index is 0.801. The van der Waals surface area contributed by atoms with E-state index in [0.717, 1.165) is 42.8 Å². The van der Waals surface area contributed by atoms with Crippen LogP contribution < -0.4 is 10.2 Å². The summed E-state index contributed by atoms with van der Waals surface area (Å²) in [6.45, 7) is 5.78.